The van der Waals surface area contributed by atoms with Gasteiger partial charge in [0, 0.05) is 13.1 Å². The fraction of sp³-hybridized carbons (Fsp3) is 0.615. The van der Waals surface area contributed by atoms with Crippen molar-refractivity contribution in [2.75, 3.05) is 31.5 Å². The lowest BCUT2D eigenvalue weighted by atomic mass is 10.2. The molecule has 5 heteroatoms. The maximum absolute atomic E-state index is 8.94. The summed E-state index contributed by atoms with van der Waals surface area (Å²) >= 11 is 0. The molecule has 0 unspecified atom stereocenters. The van der Waals surface area contributed by atoms with E-state index in [0.29, 0.717) is 11.4 Å². The van der Waals surface area contributed by atoms with Crippen LogP contribution in [0.2, 0.25) is 0 Å². The largest absolute Gasteiger partial charge is 0.366 e. The predicted octanol–water partition coefficient (Wildman–Crippen LogP) is 1.64. The molecule has 1 fully saturated rings. The molecule has 0 radical (unpaired) electrons. The van der Waals surface area contributed by atoms with Crippen LogP contribution in [0.3, 0.4) is 0 Å². The molecule has 5 nitrogen and oxygen atoms in total. The first kappa shape index (κ1) is 12.8. The van der Waals surface area contributed by atoms with E-state index < -0.39 is 0 Å². The number of nitrogens with one attached hydrogen (secondary N) is 1. The SMILES string of the molecule is N#Cc1ccnnc1NCCN1CCCCCC1. The Bertz CT molecular complexity index is 404. The molecule has 2 rings (SSSR count). The number of rotatable bonds is 4. The van der Waals surface area contributed by atoms with E-state index in [1.807, 2.05) is 0 Å². The van der Waals surface area contributed by atoms with E-state index in [0.717, 1.165) is 13.1 Å². The number of nitriles is 1. The molecule has 0 aliphatic carbocycles. The van der Waals surface area contributed by atoms with Crippen molar-refractivity contribution in [3.63, 3.8) is 0 Å². The minimum absolute atomic E-state index is 0.556. The molecule has 0 amide bonds. The molecule has 18 heavy (non-hydrogen) atoms. The Morgan fingerprint density at radius 2 is 2.06 bits per heavy atom. The zero-order valence-corrected chi connectivity index (χ0v) is 10.6. The molecule has 0 saturated carbocycles. The van der Waals surface area contributed by atoms with Crippen LogP contribution >= 0.6 is 0 Å². The zero-order chi connectivity index (χ0) is 12.6. The van der Waals surface area contributed by atoms with Crippen molar-refractivity contribution in [1.29, 1.82) is 5.26 Å². The van der Waals surface area contributed by atoms with Gasteiger partial charge in [0.15, 0.2) is 5.82 Å². The number of nitrogens with zero attached hydrogens (tertiary/aromatic N) is 4. The van der Waals surface area contributed by atoms with E-state index in [4.69, 9.17) is 5.26 Å². The van der Waals surface area contributed by atoms with Gasteiger partial charge in [0.1, 0.15) is 6.07 Å². The van der Waals surface area contributed by atoms with E-state index in [1.54, 1.807) is 12.3 Å². The molecule has 1 aliphatic heterocycles. The second-order valence-corrected chi connectivity index (χ2v) is 4.59. The van der Waals surface area contributed by atoms with E-state index in [1.165, 1.54) is 38.8 Å². The first-order valence-corrected chi connectivity index (χ1v) is 6.58. The van der Waals surface area contributed by atoms with Gasteiger partial charge < -0.3 is 10.2 Å². The Morgan fingerprint density at radius 1 is 1.28 bits per heavy atom. The number of hydrogen-bond donors (Lipinski definition) is 1. The van der Waals surface area contributed by atoms with Crippen molar-refractivity contribution < 1.29 is 0 Å². The minimum atomic E-state index is 0.556. The van der Waals surface area contributed by atoms with Crippen molar-refractivity contribution >= 4 is 5.82 Å². The number of anilines is 1. The summed E-state index contributed by atoms with van der Waals surface area (Å²) in [6.07, 6.45) is 6.85. The third-order valence-electron chi connectivity index (χ3n) is 3.26. The summed E-state index contributed by atoms with van der Waals surface area (Å²) in [5.41, 5.74) is 0.556. The minimum Gasteiger partial charge on any atom is -0.366 e. The van der Waals surface area contributed by atoms with Gasteiger partial charge in [-0.25, -0.2) is 0 Å². The van der Waals surface area contributed by atoms with Gasteiger partial charge in [-0.2, -0.15) is 10.4 Å². The zero-order valence-electron chi connectivity index (χ0n) is 10.6. The van der Waals surface area contributed by atoms with E-state index in [2.05, 4.69) is 26.5 Å². The Labute approximate surface area is 108 Å². The van der Waals surface area contributed by atoms with Crippen molar-refractivity contribution in [2.45, 2.75) is 25.7 Å². The quantitative estimate of drug-likeness (QED) is 0.873. The molecule has 1 N–H and O–H groups in total. The first-order valence-electron chi connectivity index (χ1n) is 6.58. The van der Waals surface area contributed by atoms with E-state index in [9.17, 15) is 0 Å². The maximum Gasteiger partial charge on any atom is 0.166 e. The Kier molecular flexibility index (Phi) is 4.91. The van der Waals surface area contributed by atoms with Crippen LogP contribution in [-0.4, -0.2) is 41.3 Å². The predicted molar refractivity (Wildman–Crippen MR) is 70.1 cm³/mol. The standard InChI is InChI=1S/C13H19N5/c14-11-12-5-6-16-17-13(12)15-7-10-18-8-3-1-2-4-9-18/h5-6H,1-4,7-10H2,(H,15,17). The summed E-state index contributed by atoms with van der Waals surface area (Å²) in [4.78, 5) is 2.47. The second kappa shape index (κ2) is 6.92. The molecule has 1 saturated heterocycles. The number of aromatic nitrogens is 2. The van der Waals surface area contributed by atoms with Crippen molar-refractivity contribution in [3.8, 4) is 6.07 Å². The van der Waals surface area contributed by atoms with Gasteiger partial charge in [-0.05, 0) is 32.0 Å². The lowest BCUT2D eigenvalue weighted by Gasteiger charge is -2.19. The van der Waals surface area contributed by atoms with E-state index >= 15 is 0 Å². The molecule has 0 atom stereocenters. The summed E-state index contributed by atoms with van der Waals surface area (Å²) in [6.45, 7) is 4.19. The molecular weight excluding hydrogens is 226 g/mol. The average Bonchev–Trinajstić information content (AvgIpc) is 2.68. The Morgan fingerprint density at radius 3 is 2.78 bits per heavy atom. The van der Waals surface area contributed by atoms with Crippen molar-refractivity contribution in [1.82, 2.24) is 15.1 Å². The summed E-state index contributed by atoms with van der Waals surface area (Å²) < 4.78 is 0. The van der Waals surface area contributed by atoms with Crippen LogP contribution in [0.15, 0.2) is 12.3 Å². The van der Waals surface area contributed by atoms with Gasteiger partial charge in [0.2, 0.25) is 0 Å². The average molecular weight is 245 g/mol. The lowest BCUT2D eigenvalue weighted by molar-refractivity contribution is 0.296. The van der Waals surface area contributed by atoms with Crippen LogP contribution in [0.4, 0.5) is 5.82 Å². The van der Waals surface area contributed by atoms with Crippen LogP contribution in [-0.2, 0) is 0 Å². The number of hydrogen-bond acceptors (Lipinski definition) is 5. The summed E-state index contributed by atoms with van der Waals surface area (Å²) in [5.74, 6) is 0.592. The van der Waals surface area contributed by atoms with Crippen molar-refractivity contribution in [3.05, 3.63) is 17.8 Å². The maximum atomic E-state index is 8.94. The lowest BCUT2D eigenvalue weighted by Crippen LogP contribution is -2.30. The molecule has 96 valence electrons. The van der Waals surface area contributed by atoms with Gasteiger partial charge in [-0.1, -0.05) is 12.8 Å². The van der Waals surface area contributed by atoms with Crippen molar-refractivity contribution in [2.24, 2.45) is 0 Å². The van der Waals surface area contributed by atoms with Crippen LogP contribution in [0.25, 0.3) is 0 Å². The van der Waals surface area contributed by atoms with Gasteiger partial charge in [-0.3, -0.25) is 0 Å². The summed E-state index contributed by atoms with van der Waals surface area (Å²) in [5, 5.41) is 19.9. The Hall–Kier alpha value is -1.67. The van der Waals surface area contributed by atoms with Gasteiger partial charge in [-0.15, -0.1) is 5.10 Å². The molecule has 1 aromatic rings. The second-order valence-electron chi connectivity index (χ2n) is 4.59. The third kappa shape index (κ3) is 3.67. The highest BCUT2D eigenvalue weighted by Gasteiger charge is 2.09. The normalized spacial score (nSPS) is 16.8. The highest BCUT2D eigenvalue weighted by Crippen LogP contribution is 2.10. The van der Waals surface area contributed by atoms with Gasteiger partial charge in [0.25, 0.3) is 0 Å². The highest BCUT2D eigenvalue weighted by atomic mass is 15.2. The fourth-order valence-corrected chi connectivity index (χ4v) is 2.24. The third-order valence-corrected chi connectivity index (χ3v) is 3.26. The summed E-state index contributed by atoms with van der Waals surface area (Å²) in [7, 11) is 0. The highest BCUT2D eigenvalue weighted by molar-refractivity contribution is 5.49. The first-order chi connectivity index (χ1) is 8.90. The van der Waals surface area contributed by atoms with Crippen LogP contribution in [0.1, 0.15) is 31.2 Å². The Balaban J connectivity index is 1.79. The van der Waals surface area contributed by atoms with Crippen LogP contribution < -0.4 is 5.32 Å². The van der Waals surface area contributed by atoms with Gasteiger partial charge in [0.05, 0.1) is 11.8 Å². The van der Waals surface area contributed by atoms with Crippen LogP contribution in [0.5, 0.6) is 0 Å². The topological polar surface area (TPSA) is 64.8 Å². The monoisotopic (exact) mass is 245 g/mol. The molecule has 1 aromatic heterocycles. The van der Waals surface area contributed by atoms with E-state index in [-0.39, 0.29) is 0 Å². The van der Waals surface area contributed by atoms with Crippen LogP contribution in [0, 0.1) is 11.3 Å². The molecule has 0 aromatic carbocycles. The smallest absolute Gasteiger partial charge is 0.166 e. The number of likely N-dealkylation sites (tertiary alicyclic amines) is 1. The van der Waals surface area contributed by atoms with Gasteiger partial charge >= 0.3 is 0 Å². The molecule has 1 aliphatic rings. The fourth-order valence-electron chi connectivity index (χ4n) is 2.24. The molecular formula is C13H19N5. The molecule has 0 bridgehead atoms. The summed E-state index contributed by atoms with van der Waals surface area (Å²) in [6, 6.07) is 3.80. The molecule has 2 heterocycles. The molecule has 0 spiro atoms.